The summed E-state index contributed by atoms with van der Waals surface area (Å²) in [5.41, 5.74) is 2.62. The van der Waals surface area contributed by atoms with Gasteiger partial charge in [-0.05, 0) is 37.0 Å². The van der Waals surface area contributed by atoms with Gasteiger partial charge in [0.2, 0.25) is 0 Å². The molecule has 0 fully saturated rings. The molecule has 4 nitrogen and oxygen atoms in total. The van der Waals surface area contributed by atoms with Crippen molar-refractivity contribution in [3.63, 3.8) is 0 Å². The number of aryl methyl sites for hydroxylation is 2. The molecular formula is C17H18N4S. The third kappa shape index (κ3) is 2.52. The number of rotatable bonds is 5. The summed E-state index contributed by atoms with van der Waals surface area (Å²) < 4.78 is 0. The lowest BCUT2D eigenvalue weighted by atomic mass is 10.2. The predicted molar refractivity (Wildman–Crippen MR) is 92.9 cm³/mol. The van der Waals surface area contributed by atoms with Crippen molar-refractivity contribution in [2.45, 2.75) is 19.3 Å². The highest BCUT2D eigenvalue weighted by molar-refractivity contribution is 7.19. The van der Waals surface area contributed by atoms with Crippen molar-refractivity contribution < 1.29 is 0 Å². The van der Waals surface area contributed by atoms with Crippen molar-refractivity contribution in [1.82, 2.24) is 9.97 Å². The second-order valence-electron chi connectivity index (χ2n) is 5.48. The summed E-state index contributed by atoms with van der Waals surface area (Å²) in [5, 5.41) is 8.12. The number of hydrogen-bond acceptors (Lipinski definition) is 5. The Bertz CT molecular complexity index is 782. The molecule has 0 spiro atoms. The van der Waals surface area contributed by atoms with E-state index in [-0.39, 0.29) is 0 Å². The van der Waals surface area contributed by atoms with E-state index in [1.165, 1.54) is 35.1 Å². The summed E-state index contributed by atoms with van der Waals surface area (Å²) in [4.78, 5) is 11.5. The Kier molecular flexibility index (Phi) is 3.64. The number of nitrogens with one attached hydrogen (secondary N) is 2. The first-order chi connectivity index (χ1) is 10.9. The lowest BCUT2D eigenvalue weighted by Gasteiger charge is -2.09. The molecule has 0 atom stereocenters. The zero-order valence-corrected chi connectivity index (χ0v) is 13.1. The van der Waals surface area contributed by atoms with Crippen molar-refractivity contribution in [1.29, 1.82) is 0 Å². The van der Waals surface area contributed by atoms with Crippen LogP contribution in [0.3, 0.4) is 0 Å². The molecule has 1 aromatic carbocycles. The van der Waals surface area contributed by atoms with Gasteiger partial charge in [0.25, 0.3) is 0 Å². The van der Waals surface area contributed by atoms with E-state index in [1.807, 2.05) is 29.5 Å². The first-order valence-corrected chi connectivity index (χ1v) is 8.51. The Balaban J connectivity index is 1.46. The molecule has 0 amide bonds. The highest BCUT2D eigenvalue weighted by Crippen LogP contribution is 2.38. The molecule has 0 saturated carbocycles. The number of fused-ring (bicyclic) bond motifs is 3. The maximum atomic E-state index is 4.46. The Hall–Kier alpha value is -2.14. The highest BCUT2D eigenvalue weighted by Gasteiger charge is 2.20. The quantitative estimate of drug-likeness (QED) is 0.705. The lowest BCUT2D eigenvalue weighted by molar-refractivity contribution is 0.917. The molecule has 0 saturated heterocycles. The van der Waals surface area contributed by atoms with Crippen LogP contribution < -0.4 is 10.6 Å². The average molecular weight is 310 g/mol. The molecule has 112 valence electrons. The van der Waals surface area contributed by atoms with E-state index < -0.39 is 0 Å². The molecule has 2 heterocycles. The summed E-state index contributed by atoms with van der Waals surface area (Å²) in [6.07, 6.45) is 5.30. The SMILES string of the molecule is c1ccc(NCCNc2ncnc3sc4c(c23)CCC4)cc1. The van der Waals surface area contributed by atoms with Crippen LogP contribution in [0.1, 0.15) is 16.9 Å². The van der Waals surface area contributed by atoms with Crippen molar-refractivity contribution in [3.8, 4) is 0 Å². The van der Waals surface area contributed by atoms with Gasteiger partial charge in [-0.25, -0.2) is 9.97 Å². The van der Waals surface area contributed by atoms with Gasteiger partial charge in [-0.15, -0.1) is 11.3 Å². The summed E-state index contributed by atoms with van der Waals surface area (Å²) >= 11 is 1.83. The normalized spacial score (nSPS) is 13.3. The van der Waals surface area contributed by atoms with Crippen LogP contribution in [-0.2, 0) is 12.8 Å². The molecule has 1 aliphatic carbocycles. The summed E-state index contributed by atoms with van der Waals surface area (Å²) in [7, 11) is 0. The average Bonchev–Trinajstić information content (AvgIpc) is 3.13. The van der Waals surface area contributed by atoms with Crippen molar-refractivity contribution in [2.75, 3.05) is 23.7 Å². The minimum Gasteiger partial charge on any atom is -0.383 e. The molecule has 0 radical (unpaired) electrons. The zero-order valence-electron chi connectivity index (χ0n) is 12.3. The van der Waals surface area contributed by atoms with Crippen LogP contribution in [0, 0.1) is 0 Å². The van der Waals surface area contributed by atoms with E-state index in [1.54, 1.807) is 6.33 Å². The Morgan fingerprint density at radius 1 is 1.00 bits per heavy atom. The number of thiophene rings is 1. The molecule has 0 aliphatic heterocycles. The summed E-state index contributed by atoms with van der Waals surface area (Å²) in [5.74, 6) is 0.985. The molecule has 1 aliphatic rings. The number of para-hydroxylation sites is 1. The fourth-order valence-corrected chi connectivity index (χ4v) is 4.24. The molecule has 2 N–H and O–H groups in total. The fourth-order valence-electron chi connectivity index (χ4n) is 3.01. The Morgan fingerprint density at radius 3 is 2.77 bits per heavy atom. The molecule has 22 heavy (non-hydrogen) atoms. The van der Waals surface area contributed by atoms with Crippen LogP contribution in [0.2, 0.25) is 0 Å². The van der Waals surface area contributed by atoms with Crippen LogP contribution >= 0.6 is 11.3 Å². The van der Waals surface area contributed by atoms with E-state index in [2.05, 4.69) is 32.7 Å². The van der Waals surface area contributed by atoms with Gasteiger partial charge in [0, 0.05) is 23.7 Å². The topological polar surface area (TPSA) is 49.8 Å². The van der Waals surface area contributed by atoms with Gasteiger partial charge in [0.05, 0.1) is 5.39 Å². The largest absolute Gasteiger partial charge is 0.383 e. The molecule has 0 bridgehead atoms. The van der Waals surface area contributed by atoms with Gasteiger partial charge < -0.3 is 10.6 Å². The van der Waals surface area contributed by atoms with Crippen LogP contribution in [0.15, 0.2) is 36.7 Å². The van der Waals surface area contributed by atoms with Gasteiger partial charge in [0.1, 0.15) is 17.0 Å². The van der Waals surface area contributed by atoms with Crippen LogP contribution in [0.5, 0.6) is 0 Å². The number of nitrogens with zero attached hydrogens (tertiary/aromatic N) is 2. The minimum atomic E-state index is 0.839. The molecule has 3 aromatic rings. The van der Waals surface area contributed by atoms with E-state index in [0.29, 0.717) is 0 Å². The molecule has 5 heteroatoms. The standard InChI is InChI=1S/C17H18N4S/c1-2-5-12(6-3-1)18-9-10-19-16-15-13-7-4-8-14(13)22-17(15)21-11-20-16/h1-3,5-6,11,18H,4,7-10H2,(H,19,20,21). The Morgan fingerprint density at radius 2 is 1.86 bits per heavy atom. The summed E-state index contributed by atoms with van der Waals surface area (Å²) in [6.45, 7) is 1.70. The monoisotopic (exact) mass is 310 g/mol. The molecular weight excluding hydrogens is 292 g/mol. The van der Waals surface area contributed by atoms with Gasteiger partial charge >= 0.3 is 0 Å². The number of hydrogen-bond donors (Lipinski definition) is 2. The van der Waals surface area contributed by atoms with Gasteiger partial charge in [0.15, 0.2) is 0 Å². The van der Waals surface area contributed by atoms with Crippen molar-refractivity contribution >= 4 is 33.1 Å². The van der Waals surface area contributed by atoms with Crippen LogP contribution in [-0.4, -0.2) is 23.1 Å². The van der Waals surface area contributed by atoms with Crippen molar-refractivity contribution in [2.24, 2.45) is 0 Å². The predicted octanol–water partition coefficient (Wildman–Crippen LogP) is 3.70. The maximum Gasteiger partial charge on any atom is 0.138 e. The van der Waals surface area contributed by atoms with E-state index in [4.69, 9.17) is 0 Å². The number of anilines is 2. The molecule has 4 rings (SSSR count). The second-order valence-corrected chi connectivity index (χ2v) is 6.56. The molecule has 0 unspecified atom stereocenters. The van der Waals surface area contributed by atoms with E-state index >= 15 is 0 Å². The Labute approximate surface area is 133 Å². The molecule has 2 aromatic heterocycles. The first kappa shape index (κ1) is 13.5. The highest BCUT2D eigenvalue weighted by atomic mass is 32.1. The fraction of sp³-hybridized carbons (Fsp3) is 0.294. The van der Waals surface area contributed by atoms with E-state index in [0.717, 1.165) is 29.4 Å². The third-order valence-electron chi connectivity index (χ3n) is 4.02. The van der Waals surface area contributed by atoms with Crippen LogP contribution in [0.4, 0.5) is 11.5 Å². The van der Waals surface area contributed by atoms with Gasteiger partial charge in [-0.1, -0.05) is 18.2 Å². The van der Waals surface area contributed by atoms with Crippen LogP contribution in [0.25, 0.3) is 10.2 Å². The first-order valence-electron chi connectivity index (χ1n) is 7.70. The lowest BCUT2D eigenvalue weighted by Crippen LogP contribution is -2.14. The number of aromatic nitrogens is 2. The third-order valence-corrected chi connectivity index (χ3v) is 5.22. The van der Waals surface area contributed by atoms with Gasteiger partial charge in [-0.3, -0.25) is 0 Å². The maximum absolute atomic E-state index is 4.46. The minimum absolute atomic E-state index is 0.839. The second kappa shape index (κ2) is 5.93. The summed E-state index contributed by atoms with van der Waals surface area (Å²) in [6, 6.07) is 10.3. The van der Waals surface area contributed by atoms with Gasteiger partial charge in [-0.2, -0.15) is 0 Å². The van der Waals surface area contributed by atoms with Crippen molar-refractivity contribution in [3.05, 3.63) is 47.1 Å². The zero-order chi connectivity index (χ0) is 14.8. The number of benzene rings is 1. The van der Waals surface area contributed by atoms with E-state index in [9.17, 15) is 0 Å². The smallest absolute Gasteiger partial charge is 0.138 e.